The first-order valence-electron chi connectivity index (χ1n) is 7.54. The topological polar surface area (TPSA) is 76.7 Å². The van der Waals surface area contributed by atoms with E-state index in [1.165, 1.54) is 14.2 Å². The first-order valence-corrected chi connectivity index (χ1v) is 7.92. The highest BCUT2D eigenvalue weighted by Gasteiger charge is 2.19. The third kappa shape index (κ3) is 4.76. The van der Waals surface area contributed by atoms with E-state index in [4.69, 9.17) is 21.1 Å². The van der Waals surface area contributed by atoms with Crippen molar-refractivity contribution in [1.29, 1.82) is 0 Å². The predicted molar refractivity (Wildman–Crippen MR) is 88.2 cm³/mol. The molecule has 23 heavy (non-hydrogen) atoms. The predicted octanol–water partition coefficient (Wildman–Crippen LogP) is 2.74. The second-order valence-corrected chi connectivity index (χ2v) is 5.87. The number of rotatable bonds is 6. The smallest absolute Gasteiger partial charge is 0.233 e. The minimum atomic E-state index is -0.414. The van der Waals surface area contributed by atoms with Crippen LogP contribution in [0.5, 0.6) is 11.5 Å². The highest BCUT2D eigenvalue weighted by atomic mass is 35.5. The molecule has 0 radical (unpaired) electrons. The van der Waals surface area contributed by atoms with Crippen molar-refractivity contribution in [2.45, 2.75) is 38.1 Å². The lowest BCUT2D eigenvalue weighted by Gasteiger charge is -2.14. The lowest BCUT2D eigenvalue weighted by Crippen LogP contribution is -2.35. The average molecular weight is 341 g/mol. The van der Waals surface area contributed by atoms with Gasteiger partial charge in [0.2, 0.25) is 11.8 Å². The fourth-order valence-corrected chi connectivity index (χ4v) is 2.88. The van der Waals surface area contributed by atoms with Crippen molar-refractivity contribution in [2.75, 3.05) is 19.5 Å². The number of hydrogen-bond donors (Lipinski definition) is 2. The molecule has 1 aromatic rings. The van der Waals surface area contributed by atoms with E-state index in [1.54, 1.807) is 12.1 Å². The summed E-state index contributed by atoms with van der Waals surface area (Å²) in [5.74, 6) is 0.135. The Morgan fingerprint density at radius 2 is 1.78 bits per heavy atom. The quantitative estimate of drug-likeness (QED) is 0.781. The van der Waals surface area contributed by atoms with E-state index < -0.39 is 5.91 Å². The molecule has 2 N–H and O–H groups in total. The normalized spacial score (nSPS) is 14.4. The minimum absolute atomic E-state index is 0.195. The zero-order chi connectivity index (χ0) is 16.8. The van der Waals surface area contributed by atoms with Crippen molar-refractivity contribution in [1.82, 2.24) is 5.32 Å². The summed E-state index contributed by atoms with van der Waals surface area (Å²) in [5, 5.41) is 5.91. The molecule has 7 heteroatoms. The summed E-state index contributed by atoms with van der Waals surface area (Å²) in [6, 6.07) is 3.31. The average Bonchev–Trinajstić information content (AvgIpc) is 3.01. The minimum Gasteiger partial charge on any atom is -0.495 e. The van der Waals surface area contributed by atoms with Crippen LogP contribution >= 0.6 is 11.6 Å². The fourth-order valence-electron chi connectivity index (χ4n) is 2.65. The van der Waals surface area contributed by atoms with Gasteiger partial charge in [-0.05, 0) is 12.8 Å². The molecular weight excluding hydrogens is 320 g/mol. The number of amides is 2. The van der Waals surface area contributed by atoms with Gasteiger partial charge >= 0.3 is 0 Å². The van der Waals surface area contributed by atoms with Gasteiger partial charge in [0, 0.05) is 18.2 Å². The molecule has 2 amide bonds. The van der Waals surface area contributed by atoms with E-state index >= 15 is 0 Å². The summed E-state index contributed by atoms with van der Waals surface area (Å²) in [4.78, 5) is 23.9. The maximum atomic E-state index is 12.0. The van der Waals surface area contributed by atoms with E-state index in [-0.39, 0.29) is 18.4 Å². The molecule has 2 rings (SSSR count). The number of carbonyl (C=O) groups is 2. The van der Waals surface area contributed by atoms with Crippen LogP contribution in [0.2, 0.25) is 5.02 Å². The van der Waals surface area contributed by atoms with Crippen LogP contribution in [-0.2, 0) is 9.59 Å². The Labute approximate surface area is 140 Å². The van der Waals surface area contributed by atoms with Crippen molar-refractivity contribution < 1.29 is 19.1 Å². The van der Waals surface area contributed by atoms with Gasteiger partial charge in [-0.3, -0.25) is 9.59 Å². The van der Waals surface area contributed by atoms with Crippen molar-refractivity contribution in [3.63, 3.8) is 0 Å². The zero-order valence-electron chi connectivity index (χ0n) is 13.3. The monoisotopic (exact) mass is 340 g/mol. The number of anilines is 1. The number of hydrogen-bond acceptors (Lipinski definition) is 4. The number of ether oxygens (including phenoxy) is 2. The molecule has 0 atom stereocenters. The number of nitrogens with one attached hydrogen (secondary N) is 2. The Hall–Kier alpha value is -1.95. The maximum Gasteiger partial charge on any atom is 0.233 e. The molecule has 1 aromatic carbocycles. The molecule has 1 aliphatic carbocycles. The second kappa shape index (κ2) is 8.06. The molecule has 0 aliphatic heterocycles. The highest BCUT2D eigenvalue weighted by Crippen LogP contribution is 2.35. The van der Waals surface area contributed by atoms with Crippen molar-refractivity contribution in [3.05, 3.63) is 17.2 Å². The van der Waals surface area contributed by atoms with Gasteiger partial charge in [-0.25, -0.2) is 0 Å². The lowest BCUT2D eigenvalue weighted by atomic mass is 10.2. The van der Waals surface area contributed by atoms with Crippen molar-refractivity contribution in [2.24, 2.45) is 0 Å². The number of carbonyl (C=O) groups excluding carboxylic acids is 2. The third-order valence-electron chi connectivity index (χ3n) is 3.79. The summed E-state index contributed by atoms with van der Waals surface area (Å²) >= 11 is 6.01. The Balaban J connectivity index is 1.97. The van der Waals surface area contributed by atoms with Crippen molar-refractivity contribution >= 4 is 29.1 Å². The van der Waals surface area contributed by atoms with Gasteiger partial charge in [0.05, 0.1) is 24.9 Å². The summed E-state index contributed by atoms with van der Waals surface area (Å²) in [6.45, 7) is 0. The first-order chi connectivity index (χ1) is 11.0. The summed E-state index contributed by atoms with van der Waals surface area (Å²) in [5.41, 5.74) is 0.410. The Bertz CT molecular complexity index is 586. The van der Waals surface area contributed by atoms with Crippen LogP contribution in [0.4, 0.5) is 5.69 Å². The molecule has 1 aliphatic rings. The largest absolute Gasteiger partial charge is 0.495 e. The maximum absolute atomic E-state index is 12.0. The molecule has 1 fully saturated rings. The molecule has 126 valence electrons. The Kier molecular flexibility index (Phi) is 6.10. The van der Waals surface area contributed by atoms with Crippen LogP contribution < -0.4 is 20.1 Å². The SMILES string of the molecule is COc1cc(NC(=O)CC(=O)NC2CCCC2)c(OC)cc1Cl. The van der Waals surface area contributed by atoms with Gasteiger partial charge in [0.25, 0.3) is 0 Å². The van der Waals surface area contributed by atoms with Crippen LogP contribution in [0.1, 0.15) is 32.1 Å². The Morgan fingerprint density at radius 3 is 2.39 bits per heavy atom. The van der Waals surface area contributed by atoms with Crippen LogP contribution in [0.25, 0.3) is 0 Å². The molecule has 0 unspecified atom stereocenters. The van der Waals surface area contributed by atoms with Gasteiger partial charge in [-0.1, -0.05) is 24.4 Å². The summed E-state index contributed by atoms with van der Waals surface area (Å²) < 4.78 is 10.3. The molecular formula is C16H21ClN2O4. The standard InChI is InChI=1S/C16H21ClN2O4/c1-22-13-8-12(14(23-2)7-11(13)17)19-16(21)9-15(20)18-10-5-3-4-6-10/h7-8,10H,3-6,9H2,1-2H3,(H,18,20)(H,19,21). The number of halogens is 1. The van der Waals surface area contributed by atoms with Crippen molar-refractivity contribution in [3.8, 4) is 11.5 Å². The van der Waals surface area contributed by atoms with Gasteiger partial charge in [0.1, 0.15) is 17.9 Å². The first kappa shape index (κ1) is 17.4. The van der Waals surface area contributed by atoms with Crippen LogP contribution in [0.3, 0.4) is 0 Å². The number of methoxy groups -OCH3 is 2. The van der Waals surface area contributed by atoms with E-state index in [0.717, 1.165) is 25.7 Å². The second-order valence-electron chi connectivity index (χ2n) is 5.46. The van der Waals surface area contributed by atoms with Crippen LogP contribution in [0, 0.1) is 0 Å². The van der Waals surface area contributed by atoms with Gasteiger partial charge < -0.3 is 20.1 Å². The molecule has 0 bridgehead atoms. The Morgan fingerprint density at radius 1 is 1.13 bits per heavy atom. The molecule has 1 saturated carbocycles. The summed E-state index contributed by atoms with van der Waals surface area (Å²) in [7, 11) is 2.95. The highest BCUT2D eigenvalue weighted by molar-refractivity contribution is 6.32. The van der Waals surface area contributed by atoms with Gasteiger partial charge in [-0.15, -0.1) is 0 Å². The lowest BCUT2D eigenvalue weighted by molar-refractivity contribution is -0.127. The van der Waals surface area contributed by atoms with E-state index in [1.807, 2.05) is 0 Å². The molecule has 0 heterocycles. The van der Waals surface area contributed by atoms with Crippen LogP contribution in [0.15, 0.2) is 12.1 Å². The van der Waals surface area contributed by atoms with E-state index in [2.05, 4.69) is 10.6 Å². The molecule has 0 spiro atoms. The van der Waals surface area contributed by atoms with Gasteiger partial charge in [0.15, 0.2) is 0 Å². The zero-order valence-corrected chi connectivity index (χ0v) is 14.0. The molecule has 6 nitrogen and oxygen atoms in total. The molecule has 0 saturated heterocycles. The number of benzene rings is 1. The third-order valence-corrected chi connectivity index (χ3v) is 4.08. The summed E-state index contributed by atoms with van der Waals surface area (Å²) in [6.07, 6.45) is 3.98. The van der Waals surface area contributed by atoms with E-state index in [9.17, 15) is 9.59 Å². The molecule has 0 aromatic heterocycles. The fraction of sp³-hybridized carbons (Fsp3) is 0.500. The van der Waals surface area contributed by atoms with Crippen LogP contribution in [-0.4, -0.2) is 32.1 Å². The van der Waals surface area contributed by atoms with E-state index in [0.29, 0.717) is 22.2 Å². The van der Waals surface area contributed by atoms with Gasteiger partial charge in [-0.2, -0.15) is 0 Å².